The van der Waals surface area contributed by atoms with Crippen LogP contribution in [0.1, 0.15) is 71.1 Å². The third-order valence-electron chi connectivity index (χ3n) is 3.73. The summed E-state index contributed by atoms with van der Waals surface area (Å²) in [6.45, 7) is 1.77. The van der Waals surface area contributed by atoms with Gasteiger partial charge in [0.2, 0.25) is 0 Å². The highest BCUT2D eigenvalue weighted by molar-refractivity contribution is 5.91. The molecule has 0 aliphatic rings. The molecule has 25 heavy (non-hydrogen) atoms. The number of hydrogen-bond donors (Lipinski definition) is 2. The number of hydrogen-bond acceptors (Lipinski definition) is 6. The SMILES string of the molecule is CCCCCCCCCCCCOC(=O)/C=C/C(=O)OCC(O)CO. The zero-order chi connectivity index (χ0) is 18.8. The van der Waals surface area contributed by atoms with E-state index < -0.39 is 24.6 Å². The predicted molar refractivity (Wildman–Crippen MR) is 96.0 cm³/mol. The van der Waals surface area contributed by atoms with Crippen molar-refractivity contribution in [3.8, 4) is 0 Å². The van der Waals surface area contributed by atoms with Gasteiger partial charge in [-0.05, 0) is 6.42 Å². The Morgan fingerprint density at radius 1 is 0.840 bits per heavy atom. The number of aliphatic hydroxyl groups excluding tert-OH is 2. The minimum atomic E-state index is -1.11. The molecule has 0 amide bonds. The van der Waals surface area contributed by atoms with Gasteiger partial charge in [0.1, 0.15) is 12.7 Å². The monoisotopic (exact) mass is 358 g/mol. The number of ether oxygens (including phenoxy) is 2. The van der Waals surface area contributed by atoms with Gasteiger partial charge in [0.05, 0.1) is 13.2 Å². The minimum absolute atomic E-state index is 0.312. The van der Waals surface area contributed by atoms with Crippen LogP contribution in [0.15, 0.2) is 12.2 Å². The molecular formula is C19H34O6. The van der Waals surface area contributed by atoms with Crippen LogP contribution in [0.5, 0.6) is 0 Å². The summed E-state index contributed by atoms with van der Waals surface area (Å²) < 4.78 is 9.60. The van der Waals surface area contributed by atoms with Gasteiger partial charge in [-0.25, -0.2) is 9.59 Å². The molecule has 0 radical (unpaired) electrons. The van der Waals surface area contributed by atoms with Crippen LogP contribution in [0.25, 0.3) is 0 Å². The molecular weight excluding hydrogens is 324 g/mol. The highest BCUT2D eigenvalue weighted by Crippen LogP contribution is 2.10. The van der Waals surface area contributed by atoms with E-state index in [0.29, 0.717) is 6.61 Å². The summed E-state index contributed by atoms with van der Waals surface area (Å²) in [5.74, 6) is -1.35. The zero-order valence-corrected chi connectivity index (χ0v) is 15.5. The van der Waals surface area contributed by atoms with Crippen molar-refractivity contribution < 1.29 is 29.3 Å². The standard InChI is InChI=1S/C19H34O6/c1-2-3-4-5-6-7-8-9-10-11-14-24-18(22)12-13-19(23)25-16-17(21)15-20/h12-13,17,20-21H,2-11,14-16H2,1H3/b13-12+. The van der Waals surface area contributed by atoms with E-state index in [1.54, 1.807) is 0 Å². The normalized spacial score (nSPS) is 12.3. The maximum atomic E-state index is 11.4. The molecule has 0 aromatic carbocycles. The first kappa shape index (κ1) is 23.6. The van der Waals surface area contributed by atoms with E-state index in [9.17, 15) is 9.59 Å². The van der Waals surface area contributed by atoms with Crippen LogP contribution < -0.4 is 0 Å². The predicted octanol–water partition coefficient (Wildman–Crippen LogP) is 2.90. The second kappa shape index (κ2) is 17.4. The highest BCUT2D eigenvalue weighted by Gasteiger charge is 2.06. The van der Waals surface area contributed by atoms with Gasteiger partial charge in [-0.2, -0.15) is 0 Å². The van der Waals surface area contributed by atoms with E-state index >= 15 is 0 Å². The minimum Gasteiger partial charge on any atom is -0.463 e. The lowest BCUT2D eigenvalue weighted by molar-refractivity contribution is -0.142. The lowest BCUT2D eigenvalue weighted by Gasteiger charge is -2.06. The second-order valence-electron chi connectivity index (χ2n) is 6.15. The number of carbonyl (C=O) groups excluding carboxylic acids is 2. The summed E-state index contributed by atoms with van der Waals surface area (Å²) in [6, 6.07) is 0. The number of unbranched alkanes of at least 4 members (excludes halogenated alkanes) is 9. The first-order valence-corrected chi connectivity index (χ1v) is 9.40. The smallest absolute Gasteiger partial charge is 0.331 e. The van der Waals surface area contributed by atoms with Crippen molar-refractivity contribution >= 4 is 11.9 Å². The van der Waals surface area contributed by atoms with Crippen molar-refractivity contribution in [1.29, 1.82) is 0 Å². The van der Waals surface area contributed by atoms with Gasteiger partial charge in [-0.3, -0.25) is 0 Å². The Bertz CT molecular complexity index is 367. The van der Waals surface area contributed by atoms with E-state index in [4.69, 9.17) is 14.9 Å². The molecule has 0 aliphatic carbocycles. The van der Waals surface area contributed by atoms with Crippen molar-refractivity contribution in [2.24, 2.45) is 0 Å². The fourth-order valence-electron chi connectivity index (χ4n) is 2.23. The fraction of sp³-hybridized carbons (Fsp3) is 0.789. The molecule has 0 saturated heterocycles. The van der Waals surface area contributed by atoms with Crippen LogP contribution in [0.2, 0.25) is 0 Å². The Morgan fingerprint density at radius 3 is 1.84 bits per heavy atom. The Hall–Kier alpha value is -1.40. The summed E-state index contributed by atoms with van der Waals surface area (Å²) in [5.41, 5.74) is 0. The van der Waals surface area contributed by atoms with Gasteiger partial charge >= 0.3 is 11.9 Å². The summed E-state index contributed by atoms with van der Waals surface area (Å²) in [4.78, 5) is 22.6. The number of esters is 2. The van der Waals surface area contributed by atoms with Gasteiger partial charge in [0.25, 0.3) is 0 Å². The van der Waals surface area contributed by atoms with Gasteiger partial charge < -0.3 is 19.7 Å². The quantitative estimate of drug-likeness (QED) is 0.250. The topological polar surface area (TPSA) is 93.1 Å². The molecule has 0 saturated carbocycles. The second-order valence-corrected chi connectivity index (χ2v) is 6.15. The van der Waals surface area contributed by atoms with E-state index in [0.717, 1.165) is 31.4 Å². The van der Waals surface area contributed by atoms with Gasteiger partial charge in [-0.1, -0.05) is 64.7 Å². The lowest BCUT2D eigenvalue weighted by atomic mass is 10.1. The molecule has 6 heteroatoms. The van der Waals surface area contributed by atoms with Crippen molar-refractivity contribution in [3.63, 3.8) is 0 Å². The maximum Gasteiger partial charge on any atom is 0.331 e. The molecule has 1 atom stereocenters. The molecule has 0 bridgehead atoms. The zero-order valence-electron chi connectivity index (χ0n) is 15.5. The average molecular weight is 358 g/mol. The summed E-state index contributed by atoms with van der Waals surface area (Å²) in [6.07, 6.45) is 13.0. The highest BCUT2D eigenvalue weighted by atomic mass is 16.5. The van der Waals surface area contributed by atoms with E-state index in [-0.39, 0.29) is 6.61 Å². The summed E-state index contributed by atoms with van der Waals surface area (Å²) in [7, 11) is 0. The number of rotatable bonds is 16. The van der Waals surface area contributed by atoms with Crippen LogP contribution >= 0.6 is 0 Å². The molecule has 0 aromatic heterocycles. The Labute approximate surface area is 151 Å². The fourth-order valence-corrected chi connectivity index (χ4v) is 2.23. The Kier molecular flexibility index (Phi) is 16.4. The number of aliphatic hydroxyl groups is 2. The Balaban J connectivity index is 3.46. The van der Waals surface area contributed by atoms with Crippen molar-refractivity contribution in [2.75, 3.05) is 19.8 Å². The average Bonchev–Trinajstić information content (AvgIpc) is 2.62. The van der Waals surface area contributed by atoms with Crippen LogP contribution in [-0.4, -0.2) is 48.1 Å². The van der Waals surface area contributed by atoms with E-state index in [1.807, 2.05) is 0 Å². The van der Waals surface area contributed by atoms with E-state index in [1.165, 1.54) is 44.9 Å². The van der Waals surface area contributed by atoms with Gasteiger partial charge in [-0.15, -0.1) is 0 Å². The molecule has 2 N–H and O–H groups in total. The van der Waals surface area contributed by atoms with Crippen LogP contribution in [0.3, 0.4) is 0 Å². The molecule has 6 nitrogen and oxygen atoms in total. The molecule has 1 unspecified atom stereocenters. The molecule has 0 aliphatic heterocycles. The molecule has 146 valence electrons. The van der Waals surface area contributed by atoms with Crippen LogP contribution in [0, 0.1) is 0 Å². The lowest BCUT2D eigenvalue weighted by Crippen LogP contribution is -2.21. The molecule has 0 heterocycles. The third kappa shape index (κ3) is 17.2. The molecule has 0 fully saturated rings. The first-order chi connectivity index (χ1) is 12.1. The summed E-state index contributed by atoms with van der Waals surface area (Å²) >= 11 is 0. The molecule has 0 spiro atoms. The van der Waals surface area contributed by atoms with Gasteiger partial charge in [0, 0.05) is 12.2 Å². The molecule has 0 rings (SSSR count). The number of carbonyl (C=O) groups is 2. The first-order valence-electron chi connectivity index (χ1n) is 9.40. The van der Waals surface area contributed by atoms with E-state index in [2.05, 4.69) is 11.7 Å². The molecule has 0 aromatic rings. The third-order valence-corrected chi connectivity index (χ3v) is 3.73. The van der Waals surface area contributed by atoms with Crippen molar-refractivity contribution in [1.82, 2.24) is 0 Å². The van der Waals surface area contributed by atoms with Crippen molar-refractivity contribution in [2.45, 2.75) is 77.2 Å². The maximum absolute atomic E-state index is 11.4. The van der Waals surface area contributed by atoms with Gasteiger partial charge in [0.15, 0.2) is 0 Å². The Morgan fingerprint density at radius 2 is 1.32 bits per heavy atom. The van der Waals surface area contributed by atoms with Crippen LogP contribution in [-0.2, 0) is 19.1 Å². The van der Waals surface area contributed by atoms with Crippen LogP contribution in [0.4, 0.5) is 0 Å². The largest absolute Gasteiger partial charge is 0.463 e. The summed E-state index contributed by atoms with van der Waals surface area (Å²) in [5, 5.41) is 17.6. The van der Waals surface area contributed by atoms with Crippen molar-refractivity contribution in [3.05, 3.63) is 12.2 Å².